The van der Waals surface area contributed by atoms with Crippen molar-refractivity contribution in [1.29, 1.82) is 0 Å². The van der Waals surface area contributed by atoms with Gasteiger partial charge in [0, 0.05) is 42.5 Å². The molecule has 2 aromatic carbocycles. The second-order valence-corrected chi connectivity index (χ2v) is 8.71. The second kappa shape index (κ2) is 8.86. The summed E-state index contributed by atoms with van der Waals surface area (Å²) in [7, 11) is 2.13. The molecule has 0 atom stereocenters. The van der Waals surface area contributed by atoms with Crippen LogP contribution in [-0.4, -0.2) is 66.8 Å². The Kier molecular flexibility index (Phi) is 5.82. The third-order valence-electron chi connectivity index (χ3n) is 6.70. The molecule has 5 nitrogen and oxygen atoms in total. The first kappa shape index (κ1) is 19.7. The Balaban J connectivity index is 1.28. The fourth-order valence-corrected chi connectivity index (χ4v) is 4.95. The number of aryl methyl sites for hydroxylation is 1. The lowest BCUT2D eigenvalue weighted by molar-refractivity contribution is 0.238. The van der Waals surface area contributed by atoms with E-state index in [2.05, 4.69) is 57.8 Å². The molecule has 0 spiro atoms. The third-order valence-corrected chi connectivity index (χ3v) is 6.70. The lowest BCUT2D eigenvalue weighted by atomic mass is 10.1. The van der Waals surface area contributed by atoms with Crippen molar-refractivity contribution < 1.29 is 9.47 Å². The normalized spacial score (nSPS) is 18.0. The molecule has 2 aliphatic heterocycles. The predicted molar refractivity (Wildman–Crippen MR) is 123 cm³/mol. The lowest BCUT2D eigenvalue weighted by Gasteiger charge is -2.15. The maximum atomic E-state index is 6.08. The Hall–Kier alpha value is -2.24. The van der Waals surface area contributed by atoms with Crippen LogP contribution in [0.2, 0.25) is 0 Å². The topological polar surface area (TPSA) is 29.9 Å². The highest BCUT2D eigenvalue weighted by atomic mass is 16.5. The van der Waals surface area contributed by atoms with Crippen molar-refractivity contribution >= 4 is 21.8 Å². The van der Waals surface area contributed by atoms with Gasteiger partial charge >= 0.3 is 0 Å². The number of hydrogen-bond donors (Lipinski definition) is 0. The molecule has 2 saturated heterocycles. The average molecular weight is 408 g/mol. The Morgan fingerprint density at radius 3 is 1.87 bits per heavy atom. The van der Waals surface area contributed by atoms with Crippen molar-refractivity contribution in [3.63, 3.8) is 0 Å². The van der Waals surface area contributed by atoms with Gasteiger partial charge in [-0.3, -0.25) is 9.80 Å². The molecule has 0 radical (unpaired) electrons. The van der Waals surface area contributed by atoms with Crippen LogP contribution in [0.4, 0.5) is 0 Å². The number of aromatic nitrogens is 1. The van der Waals surface area contributed by atoms with Crippen LogP contribution < -0.4 is 9.47 Å². The van der Waals surface area contributed by atoms with E-state index in [0.29, 0.717) is 0 Å². The molecule has 30 heavy (non-hydrogen) atoms. The molecule has 1 aromatic heterocycles. The molecule has 0 N–H and O–H groups in total. The van der Waals surface area contributed by atoms with E-state index in [9.17, 15) is 0 Å². The highest BCUT2D eigenvalue weighted by Gasteiger charge is 2.14. The minimum Gasteiger partial charge on any atom is -0.492 e. The van der Waals surface area contributed by atoms with Gasteiger partial charge in [-0.15, -0.1) is 0 Å². The van der Waals surface area contributed by atoms with Crippen LogP contribution in [0.25, 0.3) is 21.8 Å². The van der Waals surface area contributed by atoms with Gasteiger partial charge in [-0.25, -0.2) is 0 Å². The minimum absolute atomic E-state index is 0.754. The molecular formula is C25H33N3O2. The SMILES string of the molecule is Cn1c2ccc(OCCN3CCCC3)cc2c2ccc(OCCN3CCCC3)cc21. The highest BCUT2D eigenvalue weighted by Crippen LogP contribution is 2.33. The monoisotopic (exact) mass is 407 g/mol. The van der Waals surface area contributed by atoms with E-state index in [1.807, 2.05) is 0 Å². The van der Waals surface area contributed by atoms with Crippen molar-refractivity contribution in [2.75, 3.05) is 52.5 Å². The molecule has 2 fully saturated rings. The minimum atomic E-state index is 0.754. The molecule has 0 aliphatic carbocycles. The zero-order chi connectivity index (χ0) is 20.3. The van der Waals surface area contributed by atoms with Crippen molar-refractivity contribution in [2.24, 2.45) is 7.05 Å². The molecular weight excluding hydrogens is 374 g/mol. The summed E-state index contributed by atoms with van der Waals surface area (Å²) in [4.78, 5) is 4.97. The van der Waals surface area contributed by atoms with E-state index in [0.717, 1.165) is 37.8 Å². The smallest absolute Gasteiger partial charge is 0.121 e. The Labute approximate surface area is 179 Å². The maximum Gasteiger partial charge on any atom is 0.121 e. The number of fused-ring (bicyclic) bond motifs is 3. The van der Waals surface area contributed by atoms with E-state index in [-0.39, 0.29) is 0 Å². The largest absolute Gasteiger partial charge is 0.492 e. The number of likely N-dealkylation sites (tertiary alicyclic amines) is 2. The molecule has 2 aliphatic rings. The van der Waals surface area contributed by atoms with Gasteiger partial charge in [0.25, 0.3) is 0 Å². The van der Waals surface area contributed by atoms with E-state index in [1.165, 1.54) is 73.7 Å². The van der Waals surface area contributed by atoms with E-state index in [1.54, 1.807) is 0 Å². The maximum absolute atomic E-state index is 6.08. The summed E-state index contributed by atoms with van der Waals surface area (Å²) in [6, 6.07) is 12.9. The zero-order valence-corrected chi connectivity index (χ0v) is 18.1. The van der Waals surface area contributed by atoms with Crippen LogP contribution >= 0.6 is 0 Å². The first-order valence-corrected chi connectivity index (χ1v) is 11.5. The summed E-state index contributed by atoms with van der Waals surface area (Å²) in [6.07, 6.45) is 5.30. The fraction of sp³-hybridized carbons (Fsp3) is 0.520. The van der Waals surface area contributed by atoms with Crippen molar-refractivity contribution in [2.45, 2.75) is 25.7 Å². The number of rotatable bonds is 8. The third kappa shape index (κ3) is 4.14. The van der Waals surface area contributed by atoms with Crippen LogP contribution in [0.1, 0.15) is 25.7 Å². The van der Waals surface area contributed by atoms with Gasteiger partial charge in [-0.05, 0) is 82.2 Å². The van der Waals surface area contributed by atoms with Crippen molar-refractivity contribution in [3.8, 4) is 11.5 Å². The van der Waals surface area contributed by atoms with E-state index >= 15 is 0 Å². The average Bonchev–Trinajstić information content (AvgIpc) is 3.51. The number of benzene rings is 2. The standard InChI is InChI=1S/C25H33N3O2/c1-26-24-9-7-20(29-16-14-27-10-2-3-11-27)18-23(24)22-8-6-21(19-25(22)26)30-17-15-28-12-4-5-13-28/h6-9,18-19H,2-5,10-17H2,1H3. The van der Waals surface area contributed by atoms with E-state index < -0.39 is 0 Å². The molecule has 160 valence electrons. The molecule has 0 bridgehead atoms. The highest BCUT2D eigenvalue weighted by molar-refractivity contribution is 6.08. The quantitative estimate of drug-likeness (QED) is 0.557. The van der Waals surface area contributed by atoms with Crippen LogP contribution in [0.5, 0.6) is 11.5 Å². The number of ether oxygens (including phenoxy) is 2. The lowest BCUT2D eigenvalue weighted by Crippen LogP contribution is -2.25. The van der Waals surface area contributed by atoms with Crippen molar-refractivity contribution in [3.05, 3.63) is 36.4 Å². The second-order valence-electron chi connectivity index (χ2n) is 8.71. The molecule has 0 saturated carbocycles. The summed E-state index contributed by atoms with van der Waals surface area (Å²) in [6.45, 7) is 8.41. The van der Waals surface area contributed by atoms with Gasteiger partial charge in [0.2, 0.25) is 0 Å². The summed E-state index contributed by atoms with van der Waals surface area (Å²) in [5.41, 5.74) is 2.43. The first-order chi connectivity index (χ1) is 14.8. The summed E-state index contributed by atoms with van der Waals surface area (Å²) in [5, 5.41) is 2.50. The number of hydrogen-bond acceptors (Lipinski definition) is 4. The summed E-state index contributed by atoms with van der Waals surface area (Å²) < 4.78 is 14.4. The Bertz CT molecular complexity index is 1000. The predicted octanol–water partition coefficient (Wildman–Crippen LogP) is 4.28. The van der Waals surface area contributed by atoms with Gasteiger partial charge in [-0.1, -0.05) is 0 Å². The zero-order valence-electron chi connectivity index (χ0n) is 18.1. The molecule has 5 heteroatoms. The van der Waals surface area contributed by atoms with Gasteiger partial charge < -0.3 is 14.0 Å². The fourth-order valence-electron chi connectivity index (χ4n) is 4.95. The Morgan fingerprint density at radius 1 is 0.667 bits per heavy atom. The van der Waals surface area contributed by atoms with Gasteiger partial charge in [0.05, 0.1) is 5.52 Å². The van der Waals surface area contributed by atoms with Gasteiger partial charge in [0.15, 0.2) is 0 Å². The van der Waals surface area contributed by atoms with Crippen LogP contribution in [0.15, 0.2) is 36.4 Å². The van der Waals surface area contributed by atoms with E-state index in [4.69, 9.17) is 9.47 Å². The first-order valence-electron chi connectivity index (χ1n) is 11.5. The summed E-state index contributed by atoms with van der Waals surface area (Å²) >= 11 is 0. The molecule has 3 aromatic rings. The van der Waals surface area contributed by atoms with Gasteiger partial charge in [-0.2, -0.15) is 0 Å². The van der Waals surface area contributed by atoms with Crippen LogP contribution in [0, 0.1) is 0 Å². The van der Waals surface area contributed by atoms with Crippen LogP contribution in [-0.2, 0) is 7.05 Å². The van der Waals surface area contributed by atoms with Crippen molar-refractivity contribution in [1.82, 2.24) is 14.4 Å². The molecule has 0 unspecified atom stereocenters. The Morgan fingerprint density at radius 2 is 1.23 bits per heavy atom. The van der Waals surface area contributed by atoms with Crippen LogP contribution in [0.3, 0.4) is 0 Å². The molecule has 3 heterocycles. The number of nitrogens with zero attached hydrogens (tertiary/aromatic N) is 3. The molecule has 0 amide bonds. The van der Waals surface area contributed by atoms with Gasteiger partial charge in [0.1, 0.15) is 24.7 Å². The molecule has 5 rings (SSSR count). The summed E-state index contributed by atoms with van der Waals surface area (Å²) in [5.74, 6) is 1.91.